The van der Waals surface area contributed by atoms with Crippen LogP contribution < -0.4 is 0 Å². The average Bonchev–Trinajstić information content (AvgIpc) is 2.84. The minimum Gasteiger partial charge on any atom is -0.388 e. The number of nitrogens with zero attached hydrogens (tertiary/aromatic N) is 1. The molecule has 0 saturated carbocycles. The van der Waals surface area contributed by atoms with E-state index in [4.69, 9.17) is 11.6 Å². The number of hydrogen-bond donors (Lipinski definition) is 1. The highest BCUT2D eigenvalue weighted by molar-refractivity contribution is 7.98. The zero-order chi connectivity index (χ0) is 21.6. The molecule has 1 atom stereocenters. The summed E-state index contributed by atoms with van der Waals surface area (Å²) in [4.78, 5) is 16.0. The summed E-state index contributed by atoms with van der Waals surface area (Å²) in [5, 5.41) is 11.4. The molecule has 1 aliphatic heterocycles. The number of halogens is 1. The molecule has 1 amide bonds. The molecule has 0 bridgehead atoms. The highest BCUT2D eigenvalue weighted by atomic mass is 35.5. The molecule has 3 nitrogen and oxygen atoms in total. The van der Waals surface area contributed by atoms with Crippen molar-refractivity contribution in [1.82, 2.24) is 4.90 Å². The second kappa shape index (κ2) is 10.4. The van der Waals surface area contributed by atoms with E-state index in [0.29, 0.717) is 13.1 Å². The maximum absolute atomic E-state index is 12.9. The minimum absolute atomic E-state index is 0.0737. The summed E-state index contributed by atoms with van der Waals surface area (Å²) < 4.78 is 0. The monoisotopic (exact) mass is 451 g/mol. The molecule has 0 aliphatic carbocycles. The Hall–Kier alpha value is -2.27. The third-order valence-corrected chi connectivity index (χ3v) is 7.17. The molecular weight excluding hydrogens is 426 g/mol. The summed E-state index contributed by atoms with van der Waals surface area (Å²) in [6.45, 7) is 1.36. The number of thioether (sulfide) groups is 1. The van der Waals surface area contributed by atoms with Gasteiger partial charge in [-0.2, -0.15) is 0 Å². The minimum atomic E-state index is -0.462. The average molecular weight is 452 g/mol. The number of amides is 1. The normalized spacial score (nSPS) is 15.6. The molecule has 31 heavy (non-hydrogen) atoms. The van der Waals surface area contributed by atoms with E-state index >= 15 is 0 Å². The number of likely N-dealkylation sites (tertiary alicyclic amines) is 1. The van der Waals surface area contributed by atoms with Crippen molar-refractivity contribution < 1.29 is 9.90 Å². The molecular formula is C26H26ClNO2S. The van der Waals surface area contributed by atoms with Crippen molar-refractivity contribution in [3.05, 3.63) is 101 Å². The molecule has 1 heterocycles. The Balaban J connectivity index is 1.29. The van der Waals surface area contributed by atoms with Crippen LogP contribution in [0.2, 0.25) is 5.02 Å². The molecule has 1 unspecified atom stereocenters. The van der Waals surface area contributed by atoms with Crippen LogP contribution in [0.4, 0.5) is 0 Å². The van der Waals surface area contributed by atoms with Gasteiger partial charge in [0.1, 0.15) is 0 Å². The van der Waals surface area contributed by atoms with Gasteiger partial charge in [-0.05, 0) is 66.3 Å². The molecule has 0 aromatic heterocycles. The van der Waals surface area contributed by atoms with Crippen molar-refractivity contribution in [2.24, 2.45) is 5.92 Å². The van der Waals surface area contributed by atoms with E-state index in [-0.39, 0.29) is 11.8 Å². The first-order chi connectivity index (χ1) is 15.1. The highest BCUT2D eigenvalue weighted by Gasteiger charge is 2.28. The molecule has 3 aromatic rings. The van der Waals surface area contributed by atoms with Crippen LogP contribution in [0.25, 0.3) is 0 Å². The van der Waals surface area contributed by atoms with Crippen LogP contribution in [-0.2, 0) is 5.75 Å². The molecule has 1 saturated heterocycles. The van der Waals surface area contributed by atoms with Crippen LogP contribution in [0.15, 0.2) is 83.8 Å². The zero-order valence-electron chi connectivity index (χ0n) is 17.3. The summed E-state index contributed by atoms with van der Waals surface area (Å²) >= 11 is 7.68. The van der Waals surface area contributed by atoms with Crippen LogP contribution in [-0.4, -0.2) is 29.0 Å². The lowest BCUT2D eigenvalue weighted by molar-refractivity contribution is 0.0462. The first kappa shape index (κ1) is 21.9. The quantitative estimate of drug-likeness (QED) is 0.452. The van der Waals surface area contributed by atoms with Gasteiger partial charge < -0.3 is 10.0 Å². The summed E-state index contributed by atoms with van der Waals surface area (Å²) in [6.07, 6.45) is 1.17. The van der Waals surface area contributed by atoms with Gasteiger partial charge in [0, 0.05) is 34.3 Å². The fourth-order valence-electron chi connectivity index (χ4n) is 3.96. The number of piperidine rings is 1. The van der Waals surface area contributed by atoms with Gasteiger partial charge in [0.25, 0.3) is 5.91 Å². The highest BCUT2D eigenvalue weighted by Crippen LogP contribution is 2.31. The summed E-state index contributed by atoms with van der Waals surface area (Å²) in [6, 6.07) is 25.5. The van der Waals surface area contributed by atoms with Gasteiger partial charge in [0.15, 0.2) is 0 Å². The van der Waals surface area contributed by atoms with E-state index in [2.05, 4.69) is 0 Å². The molecule has 0 spiro atoms. The molecule has 4 rings (SSSR count). The Morgan fingerprint density at radius 3 is 2.26 bits per heavy atom. The third kappa shape index (κ3) is 5.70. The van der Waals surface area contributed by atoms with Gasteiger partial charge in [-0.25, -0.2) is 0 Å². The Bertz CT molecular complexity index is 984. The van der Waals surface area contributed by atoms with Crippen molar-refractivity contribution in [2.45, 2.75) is 29.6 Å². The van der Waals surface area contributed by atoms with Crippen molar-refractivity contribution in [2.75, 3.05) is 13.1 Å². The number of carbonyl (C=O) groups excluding carboxylic acids is 1. The van der Waals surface area contributed by atoms with Crippen molar-refractivity contribution in [1.29, 1.82) is 0 Å². The fourth-order valence-corrected chi connectivity index (χ4v) is 4.94. The predicted molar refractivity (Wildman–Crippen MR) is 127 cm³/mol. The van der Waals surface area contributed by atoms with Crippen molar-refractivity contribution in [3.63, 3.8) is 0 Å². The van der Waals surface area contributed by atoms with E-state index in [9.17, 15) is 9.90 Å². The zero-order valence-corrected chi connectivity index (χ0v) is 18.9. The van der Waals surface area contributed by atoms with E-state index in [0.717, 1.165) is 34.7 Å². The van der Waals surface area contributed by atoms with Crippen molar-refractivity contribution in [3.8, 4) is 0 Å². The van der Waals surface area contributed by atoms with Crippen molar-refractivity contribution >= 4 is 29.3 Å². The number of benzene rings is 3. The summed E-state index contributed by atoms with van der Waals surface area (Å²) in [7, 11) is 0. The Labute approximate surface area is 193 Å². The number of aliphatic hydroxyl groups excluding tert-OH is 1. The molecule has 1 aliphatic rings. The maximum atomic E-state index is 12.9. The van der Waals surface area contributed by atoms with Gasteiger partial charge in [-0.3, -0.25) is 4.79 Å². The van der Waals surface area contributed by atoms with Crippen LogP contribution in [0.3, 0.4) is 0 Å². The lowest BCUT2D eigenvalue weighted by Crippen LogP contribution is -2.39. The van der Waals surface area contributed by atoms with Gasteiger partial charge >= 0.3 is 0 Å². The lowest BCUT2D eigenvalue weighted by atomic mass is 9.87. The molecule has 0 radical (unpaired) electrons. The standard InChI is InChI=1S/C26H26ClNO2S/c27-23-10-12-24(13-11-23)31-18-19-6-8-22(9-7-19)26(30)28-16-14-21(15-17-28)25(29)20-4-2-1-3-5-20/h1-13,21,25,29H,14-18H2. The second-order valence-electron chi connectivity index (χ2n) is 7.92. The van der Waals surface area contributed by atoms with E-state index < -0.39 is 6.10 Å². The van der Waals surface area contributed by atoms with Gasteiger partial charge in [-0.15, -0.1) is 11.8 Å². The lowest BCUT2D eigenvalue weighted by Gasteiger charge is -2.34. The molecule has 1 fully saturated rings. The Kier molecular flexibility index (Phi) is 7.33. The largest absolute Gasteiger partial charge is 0.388 e. The molecule has 160 valence electrons. The van der Waals surface area contributed by atoms with E-state index in [1.165, 1.54) is 10.5 Å². The Morgan fingerprint density at radius 1 is 0.968 bits per heavy atom. The SMILES string of the molecule is O=C(c1ccc(CSc2ccc(Cl)cc2)cc1)N1CCC(C(O)c2ccccc2)CC1. The molecule has 5 heteroatoms. The maximum Gasteiger partial charge on any atom is 0.253 e. The van der Waals surface area contributed by atoms with Crippen LogP contribution >= 0.6 is 23.4 Å². The van der Waals surface area contributed by atoms with Crippen LogP contribution in [0, 0.1) is 5.92 Å². The van der Waals surface area contributed by atoms with Gasteiger partial charge in [-0.1, -0.05) is 54.1 Å². The van der Waals surface area contributed by atoms with Gasteiger partial charge in [0.05, 0.1) is 6.10 Å². The Morgan fingerprint density at radius 2 is 1.61 bits per heavy atom. The summed E-state index contributed by atoms with van der Waals surface area (Å²) in [5.41, 5.74) is 2.86. The predicted octanol–water partition coefficient (Wildman–Crippen LogP) is 6.22. The molecule has 3 aromatic carbocycles. The number of aliphatic hydroxyl groups is 1. The second-order valence-corrected chi connectivity index (χ2v) is 9.41. The number of carbonyl (C=O) groups is 1. The van der Waals surface area contributed by atoms with E-state index in [1.807, 2.05) is 83.8 Å². The van der Waals surface area contributed by atoms with E-state index in [1.54, 1.807) is 11.8 Å². The summed E-state index contributed by atoms with van der Waals surface area (Å²) in [5.74, 6) is 1.11. The topological polar surface area (TPSA) is 40.5 Å². The van der Waals surface area contributed by atoms with Gasteiger partial charge in [0.2, 0.25) is 0 Å². The van der Waals surface area contributed by atoms with Crippen LogP contribution in [0.5, 0.6) is 0 Å². The first-order valence-corrected chi connectivity index (χ1v) is 12.0. The molecule has 1 N–H and O–H groups in total. The smallest absolute Gasteiger partial charge is 0.253 e. The first-order valence-electron chi connectivity index (χ1n) is 10.6. The fraction of sp³-hybridized carbons (Fsp3) is 0.269. The number of rotatable bonds is 6. The van der Waals surface area contributed by atoms with Crippen LogP contribution in [0.1, 0.15) is 40.4 Å². The third-order valence-electron chi connectivity index (χ3n) is 5.83. The number of hydrogen-bond acceptors (Lipinski definition) is 3.